The van der Waals surface area contributed by atoms with Gasteiger partial charge < -0.3 is 10.1 Å². The summed E-state index contributed by atoms with van der Waals surface area (Å²) in [6, 6.07) is 12.6. The van der Waals surface area contributed by atoms with Crippen LogP contribution in [-0.2, 0) is 6.54 Å². The number of aryl methyl sites for hydroxylation is 3. The molecule has 2 rings (SSSR count). The Morgan fingerprint density at radius 2 is 1.65 bits per heavy atom. The van der Waals surface area contributed by atoms with E-state index in [9.17, 15) is 0 Å². The molecule has 2 heteroatoms. The molecule has 2 aromatic rings. The monoisotopic (exact) mass is 269 g/mol. The lowest BCUT2D eigenvalue weighted by atomic mass is 10.00. The van der Waals surface area contributed by atoms with Crippen LogP contribution in [0.1, 0.15) is 29.2 Å². The van der Waals surface area contributed by atoms with Crippen LogP contribution >= 0.6 is 0 Å². The largest absolute Gasteiger partial charge is 0.492 e. The summed E-state index contributed by atoms with van der Waals surface area (Å²) in [5, 5.41) is 3.49. The fraction of sp³-hybridized carbons (Fsp3) is 0.333. The number of rotatable bonds is 5. The number of hydrogen-bond acceptors (Lipinski definition) is 2. The molecular weight excluding hydrogens is 246 g/mol. The van der Waals surface area contributed by atoms with Gasteiger partial charge in [-0.2, -0.15) is 0 Å². The molecule has 20 heavy (non-hydrogen) atoms. The third-order valence-electron chi connectivity index (χ3n) is 3.48. The van der Waals surface area contributed by atoms with E-state index in [2.05, 4.69) is 44.3 Å². The first-order chi connectivity index (χ1) is 9.61. The maximum atomic E-state index is 5.64. The molecule has 0 unspecified atom stereocenters. The normalized spacial score (nSPS) is 10.4. The standard InChI is InChI=1S/C18H23NO/c1-5-20-18-9-7-6-8-17(18)19-12-16-14(3)10-13(2)11-15(16)4/h6-11,19H,5,12H2,1-4H3. The van der Waals surface area contributed by atoms with Gasteiger partial charge in [-0.1, -0.05) is 29.8 Å². The number of anilines is 1. The molecule has 0 saturated heterocycles. The molecule has 0 aliphatic rings. The maximum Gasteiger partial charge on any atom is 0.142 e. The Hall–Kier alpha value is -1.96. The molecule has 2 aromatic carbocycles. The maximum absolute atomic E-state index is 5.64. The van der Waals surface area contributed by atoms with Gasteiger partial charge in [0, 0.05) is 6.54 Å². The highest BCUT2D eigenvalue weighted by Crippen LogP contribution is 2.25. The first kappa shape index (κ1) is 14.4. The van der Waals surface area contributed by atoms with Gasteiger partial charge in [-0.15, -0.1) is 0 Å². The predicted molar refractivity (Wildman–Crippen MR) is 85.6 cm³/mol. The molecule has 0 radical (unpaired) electrons. The molecule has 0 heterocycles. The summed E-state index contributed by atoms with van der Waals surface area (Å²) in [5.74, 6) is 0.914. The average Bonchev–Trinajstić information content (AvgIpc) is 2.39. The zero-order valence-corrected chi connectivity index (χ0v) is 12.8. The van der Waals surface area contributed by atoms with Crippen molar-refractivity contribution in [2.24, 2.45) is 0 Å². The lowest BCUT2D eigenvalue weighted by molar-refractivity contribution is 0.341. The van der Waals surface area contributed by atoms with Crippen molar-refractivity contribution in [3.05, 3.63) is 58.7 Å². The van der Waals surface area contributed by atoms with Crippen molar-refractivity contribution in [3.8, 4) is 5.75 Å². The Balaban J connectivity index is 2.17. The van der Waals surface area contributed by atoms with E-state index in [0.717, 1.165) is 18.0 Å². The number of hydrogen-bond donors (Lipinski definition) is 1. The van der Waals surface area contributed by atoms with E-state index in [1.807, 2.05) is 25.1 Å². The van der Waals surface area contributed by atoms with Gasteiger partial charge in [0.05, 0.1) is 12.3 Å². The molecule has 0 aliphatic heterocycles. The Kier molecular flexibility index (Phi) is 4.67. The van der Waals surface area contributed by atoms with E-state index in [1.54, 1.807) is 0 Å². The van der Waals surface area contributed by atoms with Crippen molar-refractivity contribution >= 4 is 5.69 Å². The van der Waals surface area contributed by atoms with E-state index in [1.165, 1.54) is 22.3 Å². The molecule has 0 bridgehead atoms. The molecule has 0 fully saturated rings. The Bertz CT molecular complexity index is 567. The van der Waals surface area contributed by atoms with E-state index >= 15 is 0 Å². The lowest BCUT2D eigenvalue weighted by Crippen LogP contribution is -2.05. The van der Waals surface area contributed by atoms with Crippen LogP contribution in [0.5, 0.6) is 5.75 Å². The Morgan fingerprint density at radius 3 is 2.30 bits per heavy atom. The van der Waals surface area contributed by atoms with Crippen molar-refractivity contribution in [3.63, 3.8) is 0 Å². The van der Waals surface area contributed by atoms with Crippen molar-refractivity contribution < 1.29 is 4.74 Å². The molecule has 0 amide bonds. The van der Waals surface area contributed by atoms with Crippen LogP contribution < -0.4 is 10.1 Å². The van der Waals surface area contributed by atoms with Gasteiger partial charge in [0.2, 0.25) is 0 Å². The summed E-state index contributed by atoms with van der Waals surface area (Å²) >= 11 is 0. The second-order valence-corrected chi connectivity index (χ2v) is 5.16. The first-order valence-corrected chi connectivity index (χ1v) is 7.14. The predicted octanol–water partition coefficient (Wildman–Crippen LogP) is 4.62. The molecule has 0 spiro atoms. The van der Waals surface area contributed by atoms with Crippen molar-refractivity contribution in [1.82, 2.24) is 0 Å². The summed E-state index contributed by atoms with van der Waals surface area (Å²) in [6.45, 7) is 9.99. The van der Waals surface area contributed by atoms with E-state index in [4.69, 9.17) is 4.74 Å². The lowest BCUT2D eigenvalue weighted by Gasteiger charge is -2.15. The fourth-order valence-electron chi connectivity index (χ4n) is 2.57. The van der Waals surface area contributed by atoms with Crippen molar-refractivity contribution in [1.29, 1.82) is 0 Å². The van der Waals surface area contributed by atoms with Crippen LogP contribution in [0, 0.1) is 20.8 Å². The topological polar surface area (TPSA) is 21.3 Å². The molecule has 0 aliphatic carbocycles. The highest BCUT2D eigenvalue weighted by atomic mass is 16.5. The number of para-hydroxylation sites is 2. The molecule has 1 N–H and O–H groups in total. The molecule has 2 nitrogen and oxygen atoms in total. The highest BCUT2D eigenvalue weighted by molar-refractivity contribution is 5.57. The van der Waals surface area contributed by atoms with Crippen LogP contribution in [0.4, 0.5) is 5.69 Å². The third-order valence-corrected chi connectivity index (χ3v) is 3.48. The zero-order chi connectivity index (χ0) is 14.5. The van der Waals surface area contributed by atoms with Crippen LogP contribution in [0.2, 0.25) is 0 Å². The minimum atomic E-state index is 0.682. The van der Waals surface area contributed by atoms with Gasteiger partial charge >= 0.3 is 0 Å². The summed E-state index contributed by atoms with van der Waals surface area (Å²) in [6.07, 6.45) is 0. The summed E-state index contributed by atoms with van der Waals surface area (Å²) in [4.78, 5) is 0. The van der Waals surface area contributed by atoms with Crippen molar-refractivity contribution in [2.75, 3.05) is 11.9 Å². The van der Waals surface area contributed by atoms with Crippen LogP contribution in [0.15, 0.2) is 36.4 Å². The SMILES string of the molecule is CCOc1ccccc1NCc1c(C)cc(C)cc1C. The van der Waals surface area contributed by atoms with Gasteiger partial charge in [-0.25, -0.2) is 0 Å². The average molecular weight is 269 g/mol. The molecule has 106 valence electrons. The second kappa shape index (κ2) is 6.47. The molecule has 0 saturated carbocycles. The molecule has 0 atom stereocenters. The summed E-state index contributed by atoms with van der Waals surface area (Å²) in [5.41, 5.74) is 6.40. The Labute approximate surface area is 121 Å². The quantitative estimate of drug-likeness (QED) is 0.855. The number of nitrogens with one attached hydrogen (secondary N) is 1. The zero-order valence-electron chi connectivity index (χ0n) is 12.8. The van der Waals surface area contributed by atoms with Gasteiger partial charge in [-0.05, 0) is 56.5 Å². The van der Waals surface area contributed by atoms with Gasteiger partial charge in [0.1, 0.15) is 5.75 Å². The Morgan fingerprint density at radius 1 is 1.00 bits per heavy atom. The summed E-state index contributed by atoms with van der Waals surface area (Å²) in [7, 11) is 0. The highest BCUT2D eigenvalue weighted by Gasteiger charge is 2.06. The van der Waals surface area contributed by atoms with E-state index < -0.39 is 0 Å². The van der Waals surface area contributed by atoms with Crippen molar-refractivity contribution in [2.45, 2.75) is 34.2 Å². The van der Waals surface area contributed by atoms with Crippen LogP contribution in [-0.4, -0.2) is 6.61 Å². The van der Waals surface area contributed by atoms with Crippen LogP contribution in [0.25, 0.3) is 0 Å². The van der Waals surface area contributed by atoms with Gasteiger partial charge in [0.15, 0.2) is 0 Å². The molecular formula is C18H23NO. The fourth-order valence-corrected chi connectivity index (χ4v) is 2.57. The first-order valence-electron chi connectivity index (χ1n) is 7.14. The minimum Gasteiger partial charge on any atom is -0.492 e. The number of benzene rings is 2. The number of ether oxygens (including phenoxy) is 1. The van der Waals surface area contributed by atoms with E-state index in [-0.39, 0.29) is 0 Å². The third kappa shape index (κ3) is 3.32. The summed E-state index contributed by atoms with van der Waals surface area (Å²) < 4.78 is 5.64. The molecule has 0 aromatic heterocycles. The second-order valence-electron chi connectivity index (χ2n) is 5.16. The van der Waals surface area contributed by atoms with E-state index in [0.29, 0.717) is 6.61 Å². The van der Waals surface area contributed by atoms with Gasteiger partial charge in [-0.3, -0.25) is 0 Å². The van der Waals surface area contributed by atoms with Gasteiger partial charge in [0.25, 0.3) is 0 Å². The smallest absolute Gasteiger partial charge is 0.142 e. The van der Waals surface area contributed by atoms with Crippen LogP contribution in [0.3, 0.4) is 0 Å². The minimum absolute atomic E-state index is 0.682.